The quantitative estimate of drug-likeness (QED) is 0.229. The second-order valence-electron chi connectivity index (χ2n) is 7.72. The van der Waals surface area contributed by atoms with Crippen LogP contribution in [-0.4, -0.2) is 45.3 Å². The SMILES string of the molecule is COc1ccc(OCCOc2ccc(/C=C3\C(=O)NC(=O)N(c4ccc(Br)cc4)C3=O)cc2OC)cc1. The van der Waals surface area contributed by atoms with Gasteiger partial charge in [-0.25, -0.2) is 9.69 Å². The van der Waals surface area contributed by atoms with Crippen LogP contribution in [0.2, 0.25) is 0 Å². The molecule has 190 valence electrons. The molecule has 3 aromatic rings. The lowest BCUT2D eigenvalue weighted by Gasteiger charge is -2.26. The first kappa shape index (κ1) is 25.8. The van der Waals surface area contributed by atoms with Gasteiger partial charge in [-0.05, 0) is 72.3 Å². The van der Waals surface area contributed by atoms with Crippen molar-refractivity contribution in [3.8, 4) is 23.0 Å². The van der Waals surface area contributed by atoms with Gasteiger partial charge in [-0.15, -0.1) is 0 Å². The van der Waals surface area contributed by atoms with Crippen molar-refractivity contribution in [1.29, 1.82) is 0 Å². The van der Waals surface area contributed by atoms with Crippen LogP contribution in [0.15, 0.2) is 76.8 Å². The number of barbiturate groups is 1. The summed E-state index contributed by atoms with van der Waals surface area (Å²) < 4.78 is 22.8. The van der Waals surface area contributed by atoms with Gasteiger partial charge in [-0.2, -0.15) is 0 Å². The number of imide groups is 2. The molecule has 37 heavy (non-hydrogen) atoms. The van der Waals surface area contributed by atoms with Gasteiger partial charge in [0, 0.05) is 4.47 Å². The molecule has 0 atom stereocenters. The van der Waals surface area contributed by atoms with Gasteiger partial charge in [-0.1, -0.05) is 22.0 Å². The summed E-state index contributed by atoms with van der Waals surface area (Å²) in [5.74, 6) is 0.787. The van der Waals surface area contributed by atoms with Crippen LogP contribution in [0.25, 0.3) is 6.08 Å². The predicted molar refractivity (Wildman–Crippen MR) is 140 cm³/mol. The first-order valence-electron chi connectivity index (χ1n) is 11.1. The van der Waals surface area contributed by atoms with E-state index in [4.69, 9.17) is 18.9 Å². The summed E-state index contributed by atoms with van der Waals surface area (Å²) in [5.41, 5.74) is 0.663. The van der Waals surface area contributed by atoms with E-state index in [1.807, 2.05) is 0 Å². The van der Waals surface area contributed by atoms with Crippen LogP contribution in [0, 0.1) is 0 Å². The predicted octanol–water partition coefficient (Wildman–Crippen LogP) is 4.59. The Morgan fingerprint density at radius 1 is 0.811 bits per heavy atom. The number of nitrogens with one attached hydrogen (secondary N) is 1. The lowest BCUT2D eigenvalue weighted by atomic mass is 10.1. The lowest BCUT2D eigenvalue weighted by Crippen LogP contribution is -2.54. The third-order valence-corrected chi connectivity index (χ3v) is 5.88. The van der Waals surface area contributed by atoms with Gasteiger partial charge < -0.3 is 18.9 Å². The average molecular weight is 567 g/mol. The molecular weight excluding hydrogens is 544 g/mol. The molecule has 0 radical (unpaired) electrons. The molecule has 0 bridgehead atoms. The topological polar surface area (TPSA) is 103 Å². The molecule has 0 aliphatic carbocycles. The highest BCUT2D eigenvalue weighted by molar-refractivity contribution is 9.10. The number of hydrogen-bond donors (Lipinski definition) is 1. The molecule has 1 saturated heterocycles. The number of carbonyl (C=O) groups is 3. The Labute approximate surface area is 221 Å². The molecule has 3 aromatic carbocycles. The third kappa shape index (κ3) is 6.10. The van der Waals surface area contributed by atoms with Crippen molar-refractivity contribution in [2.24, 2.45) is 0 Å². The number of benzene rings is 3. The van der Waals surface area contributed by atoms with E-state index in [2.05, 4.69) is 21.2 Å². The number of carbonyl (C=O) groups excluding carboxylic acids is 3. The monoisotopic (exact) mass is 566 g/mol. The summed E-state index contributed by atoms with van der Waals surface area (Å²) in [6.07, 6.45) is 1.40. The minimum Gasteiger partial charge on any atom is -0.497 e. The maximum Gasteiger partial charge on any atom is 0.335 e. The molecule has 0 unspecified atom stereocenters. The zero-order valence-electron chi connectivity index (χ0n) is 20.0. The van der Waals surface area contributed by atoms with Gasteiger partial charge in [0.1, 0.15) is 30.3 Å². The Balaban J connectivity index is 1.45. The van der Waals surface area contributed by atoms with Gasteiger partial charge in [0.15, 0.2) is 11.5 Å². The summed E-state index contributed by atoms with van der Waals surface area (Å²) in [5, 5.41) is 2.21. The Bertz CT molecular complexity index is 1340. The molecule has 4 rings (SSSR count). The maximum atomic E-state index is 13.1. The van der Waals surface area contributed by atoms with E-state index >= 15 is 0 Å². The average Bonchev–Trinajstić information content (AvgIpc) is 2.90. The van der Waals surface area contributed by atoms with Crippen molar-refractivity contribution in [2.75, 3.05) is 32.3 Å². The molecule has 10 heteroatoms. The molecule has 0 aromatic heterocycles. The smallest absolute Gasteiger partial charge is 0.335 e. The zero-order chi connectivity index (χ0) is 26.4. The lowest BCUT2D eigenvalue weighted by molar-refractivity contribution is -0.122. The molecule has 1 aliphatic heterocycles. The van der Waals surface area contributed by atoms with Gasteiger partial charge in [-0.3, -0.25) is 14.9 Å². The summed E-state index contributed by atoms with van der Waals surface area (Å²) in [7, 11) is 3.08. The summed E-state index contributed by atoms with van der Waals surface area (Å²) in [6.45, 7) is 0.559. The van der Waals surface area contributed by atoms with Crippen molar-refractivity contribution in [3.05, 3.63) is 82.3 Å². The summed E-state index contributed by atoms with van der Waals surface area (Å²) >= 11 is 3.32. The van der Waals surface area contributed by atoms with Crippen LogP contribution in [0.4, 0.5) is 10.5 Å². The number of rotatable bonds is 9. The van der Waals surface area contributed by atoms with Crippen molar-refractivity contribution >= 4 is 45.5 Å². The fourth-order valence-electron chi connectivity index (χ4n) is 3.53. The van der Waals surface area contributed by atoms with Crippen molar-refractivity contribution < 1.29 is 33.3 Å². The number of ether oxygens (including phenoxy) is 4. The Kier molecular flexibility index (Phi) is 8.09. The minimum atomic E-state index is -0.812. The first-order valence-corrected chi connectivity index (χ1v) is 11.9. The Hall–Kier alpha value is -4.31. The molecule has 1 N–H and O–H groups in total. The largest absolute Gasteiger partial charge is 0.497 e. The summed E-state index contributed by atoms with van der Waals surface area (Å²) in [6, 6.07) is 18.0. The van der Waals surface area contributed by atoms with Gasteiger partial charge in [0.05, 0.1) is 19.9 Å². The van der Waals surface area contributed by atoms with E-state index < -0.39 is 17.8 Å². The highest BCUT2D eigenvalue weighted by atomic mass is 79.9. The molecule has 1 heterocycles. The van der Waals surface area contributed by atoms with Crippen molar-refractivity contribution in [2.45, 2.75) is 0 Å². The van der Waals surface area contributed by atoms with Crippen LogP contribution in [-0.2, 0) is 9.59 Å². The fourth-order valence-corrected chi connectivity index (χ4v) is 3.79. The Morgan fingerprint density at radius 3 is 2.16 bits per heavy atom. The first-order chi connectivity index (χ1) is 17.9. The number of amides is 4. The van der Waals surface area contributed by atoms with E-state index in [1.165, 1.54) is 13.2 Å². The van der Waals surface area contributed by atoms with E-state index in [9.17, 15) is 14.4 Å². The van der Waals surface area contributed by atoms with E-state index in [0.29, 0.717) is 35.1 Å². The van der Waals surface area contributed by atoms with Gasteiger partial charge >= 0.3 is 6.03 Å². The molecular formula is C27H23BrN2O7. The zero-order valence-corrected chi connectivity index (χ0v) is 21.6. The van der Waals surface area contributed by atoms with Crippen molar-refractivity contribution in [3.63, 3.8) is 0 Å². The van der Waals surface area contributed by atoms with Gasteiger partial charge in [0.2, 0.25) is 0 Å². The van der Waals surface area contributed by atoms with Gasteiger partial charge in [0.25, 0.3) is 11.8 Å². The fraction of sp³-hybridized carbons (Fsp3) is 0.148. The van der Waals surface area contributed by atoms with Crippen LogP contribution in [0.3, 0.4) is 0 Å². The van der Waals surface area contributed by atoms with Crippen molar-refractivity contribution in [1.82, 2.24) is 5.32 Å². The summed E-state index contributed by atoms with van der Waals surface area (Å²) in [4.78, 5) is 38.8. The van der Waals surface area contributed by atoms with E-state index in [0.717, 1.165) is 15.1 Å². The second-order valence-corrected chi connectivity index (χ2v) is 8.63. The van der Waals surface area contributed by atoms with Crippen LogP contribution in [0.1, 0.15) is 5.56 Å². The number of urea groups is 1. The normalized spacial score (nSPS) is 14.4. The number of nitrogens with zero attached hydrogens (tertiary/aromatic N) is 1. The third-order valence-electron chi connectivity index (χ3n) is 5.35. The highest BCUT2D eigenvalue weighted by Crippen LogP contribution is 2.30. The number of halogens is 1. The number of methoxy groups -OCH3 is 2. The molecule has 0 saturated carbocycles. The molecule has 1 fully saturated rings. The molecule has 1 aliphatic rings. The highest BCUT2D eigenvalue weighted by Gasteiger charge is 2.36. The van der Waals surface area contributed by atoms with Crippen LogP contribution < -0.4 is 29.2 Å². The van der Waals surface area contributed by atoms with Crippen LogP contribution in [0.5, 0.6) is 23.0 Å². The molecule has 4 amide bonds. The van der Waals surface area contributed by atoms with E-state index in [1.54, 1.807) is 73.8 Å². The number of anilines is 1. The minimum absolute atomic E-state index is 0.189. The molecule has 9 nitrogen and oxygen atoms in total. The number of hydrogen-bond acceptors (Lipinski definition) is 7. The Morgan fingerprint density at radius 2 is 1.49 bits per heavy atom. The second kappa shape index (κ2) is 11.6. The van der Waals surface area contributed by atoms with E-state index in [-0.39, 0.29) is 12.2 Å². The van der Waals surface area contributed by atoms with Crippen LogP contribution >= 0.6 is 15.9 Å². The standard InChI is InChI=1S/C27H23BrN2O7/c1-34-20-8-10-21(11-9-20)36-13-14-37-23-12-3-17(16-24(23)35-2)15-22-25(31)29-27(33)30(26(22)32)19-6-4-18(28)5-7-19/h3-12,15-16H,13-14H2,1-2H3,(H,29,31,33)/b22-15+. The maximum absolute atomic E-state index is 13.1. The molecule has 0 spiro atoms.